The summed E-state index contributed by atoms with van der Waals surface area (Å²) in [4.78, 5) is 11.8. The van der Waals surface area contributed by atoms with Crippen molar-refractivity contribution in [3.05, 3.63) is 65.3 Å². The first-order valence-corrected chi connectivity index (χ1v) is 8.23. The molecule has 0 aromatic heterocycles. The first kappa shape index (κ1) is 14.6. The van der Waals surface area contributed by atoms with E-state index in [1.165, 1.54) is 16.7 Å². The summed E-state index contributed by atoms with van der Waals surface area (Å²) in [5.74, 6) is 0.150. The highest BCUT2D eigenvalue weighted by molar-refractivity contribution is 14.1. The van der Waals surface area contributed by atoms with Crippen LogP contribution in [0.25, 0.3) is 5.57 Å². The quantitative estimate of drug-likeness (QED) is 0.541. The van der Waals surface area contributed by atoms with Gasteiger partial charge in [0.05, 0.1) is 28.9 Å². The van der Waals surface area contributed by atoms with Gasteiger partial charge in [-0.3, -0.25) is 7.91 Å². The van der Waals surface area contributed by atoms with Crippen molar-refractivity contribution < 1.29 is 4.79 Å². The molecule has 21 heavy (non-hydrogen) atoms. The molecule has 0 bridgehead atoms. The van der Waals surface area contributed by atoms with Crippen LogP contribution >= 0.6 is 22.9 Å². The first-order chi connectivity index (χ1) is 10.1. The maximum Gasteiger partial charge on any atom is 0.258 e. The highest BCUT2D eigenvalue weighted by Gasteiger charge is 2.28. The summed E-state index contributed by atoms with van der Waals surface area (Å²) in [5.41, 5.74) is 5.02. The first-order valence-electron chi connectivity index (χ1n) is 7.27. The van der Waals surface area contributed by atoms with Gasteiger partial charge in [-0.25, -0.2) is 0 Å². The van der Waals surface area contributed by atoms with E-state index < -0.39 is 0 Å². The molecule has 1 amide bonds. The molecular weight excluding hydrogens is 373 g/mol. The van der Waals surface area contributed by atoms with Gasteiger partial charge in [0, 0.05) is 5.57 Å². The number of amides is 1. The maximum absolute atomic E-state index is 11.8. The molecule has 0 radical (unpaired) electrons. The van der Waals surface area contributed by atoms with Gasteiger partial charge in [-0.1, -0.05) is 54.1 Å². The van der Waals surface area contributed by atoms with Crippen LogP contribution in [0.1, 0.15) is 31.7 Å². The average molecular weight is 391 g/mol. The smallest absolute Gasteiger partial charge is 0.258 e. The molecule has 1 aliphatic heterocycles. The van der Waals surface area contributed by atoms with Crippen LogP contribution in [-0.4, -0.2) is 15.1 Å². The molecule has 2 nitrogen and oxygen atoms in total. The Bertz CT molecular complexity index is 642. The van der Waals surface area contributed by atoms with Crippen LogP contribution in [0.3, 0.4) is 0 Å². The van der Waals surface area contributed by atoms with E-state index >= 15 is 0 Å². The molecular formula is C18H18INO. The molecule has 1 aliphatic carbocycles. The van der Waals surface area contributed by atoms with Crippen molar-refractivity contribution in [2.24, 2.45) is 0 Å². The molecule has 3 rings (SSSR count). The van der Waals surface area contributed by atoms with Crippen LogP contribution in [0.15, 0.2) is 59.7 Å². The van der Waals surface area contributed by atoms with Crippen LogP contribution in [0.4, 0.5) is 0 Å². The summed E-state index contributed by atoms with van der Waals surface area (Å²) < 4.78 is 1.82. The molecule has 3 heteroatoms. The third-order valence-electron chi connectivity index (χ3n) is 4.12. The fourth-order valence-corrected chi connectivity index (χ4v) is 3.63. The highest BCUT2D eigenvalue weighted by atomic mass is 127. The predicted molar refractivity (Wildman–Crippen MR) is 94.8 cm³/mol. The van der Waals surface area contributed by atoms with Crippen molar-refractivity contribution in [1.82, 2.24) is 3.11 Å². The predicted octanol–water partition coefficient (Wildman–Crippen LogP) is 4.69. The van der Waals surface area contributed by atoms with Crippen molar-refractivity contribution in [1.29, 1.82) is 0 Å². The Kier molecular flexibility index (Phi) is 4.29. The lowest BCUT2D eigenvalue weighted by Crippen LogP contribution is -2.25. The fourth-order valence-electron chi connectivity index (χ4n) is 2.90. The molecule has 0 fully saturated rings. The molecule has 0 N–H and O–H groups in total. The zero-order valence-corrected chi connectivity index (χ0v) is 14.2. The van der Waals surface area contributed by atoms with Crippen molar-refractivity contribution in [3.8, 4) is 0 Å². The molecule has 1 atom stereocenters. The van der Waals surface area contributed by atoms with Crippen LogP contribution in [0, 0.1) is 0 Å². The molecule has 1 aromatic carbocycles. The van der Waals surface area contributed by atoms with Gasteiger partial charge in [0.1, 0.15) is 0 Å². The topological polar surface area (TPSA) is 20.3 Å². The van der Waals surface area contributed by atoms with Gasteiger partial charge in [0.2, 0.25) is 0 Å². The molecule has 0 saturated carbocycles. The Labute approximate surface area is 139 Å². The number of carbonyl (C=O) groups excluding carboxylic acids is 1. The number of halogens is 1. The van der Waals surface area contributed by atoms with Crippen molar-refractivity contribution >= 4 is 34.3 Å². The number of benzene rings is 1. The summed E-state index contributed by atoms with van der Waals surface area (Å²) in [6.45, 7) is 1.90. The lowest BCUT2D eigenvalue weighted by Gasteiger charge is -2.21. The number of hydrogen-bond acceptors (Lipinski definition) is 1. The lowest BCUT2D eigenvalue weighted by atomic mass is 9.90. The molecule has 1 heterocycles. The van der Waals surface area contributed by atoms with Gasteiger partial charge in [-0.2, -0.15) is 0 Å². The van der Waals surface area contributed by atoms with E-state index in [2.05, 4.69) is 71.4 Å². The molecule has 2 aliphatic rings. The van der Waals surface area contributed by atoms with E-state index in [1.807, 2.05) is 10.0 Å². The van der Waals surface area contributed by atoms with Crippen molar-refractivity contribution in [2.75, 3.05) is 0 Å². The Balaban J connectivity index is 1.71. The van der Waals surface area contributed by atoms with E-state index in [-0.39, 0.29) is 11.9 Å². The SMILES string of the molecule is CC1=CC(CC2=CC=C(c3ccccc3)CC2)N(I)C1=O. The minimum Gasteiger partial charge on any atom is -0.274 e. The minimum atomic E-state index is 0.150. The monoisotopic (exact) mass is 391 g/mol. The molecule has 108 valence electrons. The zero-order chi connectivity index (χ0) is 14.8. The van der Waals surface area contributed by atoms with Crippen LogP contribution in [0.2, 0.25) is 0 Å². The second-order valence-corrected chi connectivity index (χ2v) is 6.66. The molecule has 1 unspecified atom stereocenters. The van der Waals surface area contributed by atoms with E-state index in [0.29, 0.717) is 0 Å². The Morgan fingerprint density at radius 2 is 1.95 bits per heavy atom. The van der Waals surface area contributed by atoms with Crippen LogP contribution < -0.4 is 0 Å². The number of hydrogen-bond donors (Lipinski definition) is 0. The van der Waals surface area contributed by atoms with E-state index in [1.54, 1.807) is 0 Å². The lowest BCUT2D eigenvalue weighted by molar-refractivity contribution is -0.121. The summed E-state index contributed by atoms with van der Waals surface area (Å²) in [6.07, 6.45) is 9.68. The summed E-state index contributed by atoms with van der Waals surface area (Å²) >= 11 is 2.13. The van der Waals surface area contributed by atoms with Gasteiger partial charge in [0.15, 0.2) is 0 Å². The maximum atomic E-state index is 11.8. The fraction of sp³-hybridized carbons (Fsp3) is 0.278. The largest absolute Gasteiger partial charge is 0.274 e. The number of carbonyl (C=O) groups is 1. The van der Waals surface area contributed by atoms with Gasteiger partial charge in [-0.05, 0) is 37.3 Å². The third kappa shape index (κ3) is 3.12. The number of nitrogens with zero attached hydrogens (tertiary/aromatic N) is 1. The Hall–Kier alpha value is -1.36. The van der Waals surface area contributed by atoms with Crippen molar-refractivity contribution in [2.45, 2.75) is 32.2 Å². The zero-order valence-electron chi connectivity index (χ0n) is 12.1. The van der Waals surface area contributed by atoms with Gasteiger partial charge < -0.3 is 0 Å². The number of rotatable bonds is 3. The standard InChI is InChI=1S/C18H18INO/c1-13-11-17(20(19)18(13)21)12-14-7-9-16(10-8-14)15-5-3-2-4-6-15/h2-7,9,11,17H,8,10,12H2,1H3. The second-order valence-electron chi connectivity index (χ2n) is 5.62. The second kappa shape index (κ2) is 6.18. The Morgan fingerprint density at radius 1 is 1.19 bits per heavy atom. The van der Waals surface area contributed by atoms with Gasteiger partial charge in [0.25, 0.3) is 5.91 Å². The van der Waals surface area contributed by atoms with Gasteiger partial charge >= 0.3 is 0 Å². The molecule has 1 aromatic rings. The Morgan fingerprint density at radius 3 is 2.52 bits per heavy atom. The number of allylic oxidation sites excluding steroid dienone is 3. The molecule has 0 spiro atoms. The summed E-state index contributed by atoms with van der Waals surface area (Å²) in [7, 11) is 0. The third-order valence-corrected chi connectivity index (χ3v) is 5.27. The van der Waals surface area contributed by atoms with Gasteiger partial charge in [-0.15, -0.1) is 0 Å². The minimum absolute atomic E-state index is 0.150. The highest BCUT2D eigenvalue weighted by Crippen LogP contribution is 2.32. The van der Waals surface area contributed by atoms with E-state index in [0.717, 1.165) is 24.8 Å². The van der Waals surface area contributed by atoms with Crippen molar-refractivity contribution in [3.63, 3.8) is 0 Å². The van der Waals surface area contributed by atoms with E-state index in [9.17, 15) is 4.79 Å². The van der Waals surface area contributed by atoms with Crippen LogP contribution in [0.5, 0.6) is 0 Å². The van der Waals surface area contributed by atoms with Crippen LogP contribution in [-0.2, 0) is 4.79 Å². The summed E-state index contributed by atoms with van der Waals surface area (Å²) in [5, 5.41) is 0. The van der Waals surface area contributed by atoms with E-state index in [4.69, 9.17) is 0 Å². The normalized spacial score (nSPS) is 22.0. The molecule has 0 saturated heterocycles. The average Bonchev–Trinajstić information content (AvgIpc) is 2.76. The summed E-state index contributed by atoms with van der Waals surface area (Å²) in [6, 6.07) is 10.8.